The highest BCUT2D eigenvalue weighted by Gasteiger charge is 2.10. The number of ether oxygens (including phenoxy) is 1. The van der Waals surface area contributed by atoms with Crippen LogP contribution in [0, 0.1) is 6.92 Å². The molecule has 18 heavy (non-hydrogen) atoms. The van der Waals surface area contributed by atoms with E-state index in [-0.39, 0.29) is 5.91 Å². The first-order valence-corrected chi connectivity index (χ1v) is 5.59. The first-order chi connectivity index (χ1) is 8.58. The van der Waals surface area contributed by atoms with E-state index in [2.05, 4.69) is 20.4 Å². The standard InChI is InChI=1S/C12H17N3O3/c1-8-9(12(17)18-3)4-5-10(15-8)14-7-6-11(16)13-2/h4-5H,6-7H2,1-3H3,(H,13,16)(H,14,15). The summed E-state index contributed by atoms with van der Waals surface area (Å²) in [7, 11) is 2.92. The second-order valence-corrected chi connectivity index (χ2v) is 3.67. The molecule has 0 aliphatic carbocycles. The lowest BCUT2D eigenvalue weighted by Crippen LogP contribution is -2.21. The average molecular weight is 251 g/mol. The number of aromatic nitrogens is 1. The van der Waals surface area contributed by atoms with Crippen molar-refractivity contribution in [3.05, 3.63) is 23.4 Å². The number of rotatable bonds is 5. The Kier molecular flexibility index (Phi) is 5.10. The summed E-state index contributed by atoms with van der Waals surface area (Å²) in [5.41, 5.74) is 1.03. The van der Waals surface area contributed by atoms with E-state index >= 15 is 0 Å². The summed E-state index contributed by atoms with van der Waals surface area (Å²) in [6.07, 6.45) is 0.371. The predicted octanol–water partition coefficient (Wildman–Crippen LogP) is 0.725. The molecular formula is C12H17N3O3. The molecule has 0 spiro atoms. The molecule has 0 saturated heterocycles. The van der Waals surface area contributed by atoms with Crippen molar-refractivity contribution in [2.75, 3.05) is 26.0 Å². The average Bonchev–Trinajstić information content (AvgIpc) is 2.37. The van der Waals surface area contributed by atoms with Crippen LogP contribution in [0.15, 0.2) is 12.1 Å². The predicted molar refractivity (Wildman–Crippen MR) is 67.5 cm³/mol. The van der Waals surface area contributed by atoms with Gasteiger partial charge in [-0.1, -0.05) is 0 Å². The number of hydrogen-bond donors (Lipinski definition) is 2. The summed E-state index contributed by atoms with van der Waals surface area (Å²) in [6.45, 7) is 2.22. The summed E-state index contributed by atoms with van der Waals surface area (Å²) < 4.78 is 4.63. The zero-order valence-electron chi connectivity index (χ0n) is 10.7. The minimum atomic E-state index is -0.406. The fourth-order valence-electron chi connectivity index (χ4n) is 1.41. The summed E-state index contributed by atoms with van der Waals surface area (Å²) in [5, 5.41) is 5.54. The number of nitrogens with zero attached hydrogens (tertiary/aromatic N) is 1. The smallest absolute Gasteiger partial charge is 0.339 e. The Hall–Kier alpha value is -2.11. The highest BCUT2D eigenvalue weighted by molar-refractivity contribution is 5.90. The van der Waals surface area contributed by atoms with Crippen LogP contribution in [-0.4, -0.2) is 37.6 Å². The molecule has 1 heterocycles. The van der Waals surface area contributed by atoms with E-state index in [0.717, 1.165) is 0 Å². The van der Waals surface area contributed by atoms with E-state index in [1.807, 2.05) is 0 Å². The molecule has 6 nitrogen and oxygen atoms in total. The Balaban J connectivity index is 2.62. The van der Waals surface area contributed by atoms with Crippen LogP contribution in [0.4, 0.5) is 5.82 Å². The van der Waals surface area contributed by atoms with Crippen molar-refractivity contribution < 1.29 is 14.3 Å². The van der Waals surface area contributed by atoms with Gasteiger partial charge in [-0.3, -0.25) is 4.79 Å². The van der Waals surface area contributed by atoms with Crippen molar-refractivity contribution in [2.45, 2.75) is 13.3 Å². The zero-order valence-corrected chi connectivity index (χ0v) is 10.7. The van der Waals surface area contributed by atoms with Gasteiger partial charge in [0.05, 0.1) is 18.4 Å². The van der Waals surface area contributed by atoms with Gasteiger partial charge in [0.2, 0.25) is 5.91 Å². The number of nitrogens with one attached hydrogen (secondary N) is 2. The van der Waals surface area contributed by atoms with Crippen molar-refractivity contribution in [3.63, 3.8) is 0 Å². The van der Waals surface area contributed by atoms with Crippen LogP contribution < -0.4 is 10.6 Å². The molecular weight excluding hydrogens is 234 g/mol. The monoisotopic (exact) mass is 251 g/mol. The highest BCUT2D eigenvalue weighted by Crippen LogP contribution is 2.11. The van der Waals surface area contributed by atoms with Gasteiger partial charge in [-0.05, 0) is 19.1 Å². The van der Waals surface area contributed by atoms with Gasteiger partial charge in [-0.25, -0.2) is 9.78 Å². The lowest BCUT2D eigenvalue weighted by molar-refractivity contribution is -0.120. The van der Waals surface area contributed by atoms with Gasteiger partial charge in [-0.2, -0.15) is 0 Å². The minimum absolute atomic E-state index is 0.0367. The maximum atomic E-state index is 11.4. The normalized spacial score (nSPS) is 9.72. The molecule has 0 bridgehead atoms. The number of esters is 1. The number of anilines is 1. The first kappa shape index (κ1) is 14.0. The largest absolute Gasteiger partial charge is 0.465 e. The van der Waals surface area contributed by atoms with Crippen molar-refractivity contribution in [2.24, 2.45) is 0 Å². The molecule has 0 radical (unpaired) electrons. The highest BCUT2D eigenvalue weighted by atomic mass is 16.5. The number of amides is 1. The minimum Gasteiger partial charge on any atom is -0.465 e. The lowest BCUT2D eigenvalue weighted by Gasteiger charge is -2.08. The van der Waals surface area contributed by atoms with Crippen molar-refractivity contribution >= 4 is 17.7 Å². The Labute approximate surface area is 106 Å². The molecule has 6 heteroatoms. The summed E-state index contributed by atoms with van der Waals surface area (Å²) in [6, 6.07) is 3.33. The quantitative estimate of drug-likeness (QED) is 0.754. The maximum Gasteiger partial charge on any atom is 0.339 e. The van der Waals surface area contributed by atoms with Crippen LogP contribution in [0.1, 0.15) is 22.5 Å². The molecule has 0 saturated carbocycles. The molecule has 2 N–H and O–H groups in total. The summed E-state index contributed by atoms with van der Waals surface area (Å²) in [5.74, 6) is 0.186. The van der Waals surface area contributed by atoms with E-state index in [9.17, 15) is 9.59 Å². The molecule has 0 aliphatic heterocycles. The van der Waals surface area contributed by atoms with E-state index in [1.54, 1.807) is 26.1 Å². The van der Waals surface area contributed by atoms with E-state index in [1.165, 1.54) is 7.11 Å². The third kappa shape index (κ3) is 3.73. The molecule has 0 atom stereocenters. The molecule has 0 aliphatic rings. The van der Waals surface area contributed by atoms with Crippen LogP contribution >= 0.6 is 0 Å². The van der Waals surface area contributed by atoms with E-state index < -0.39 is 5.97 Å². The fourth-order valence-corrected chi connectivity index (χ4v) is 1.41. The van der Waals surface area contributed by atoms with Crippen LogP contribution in [-0.2, 0) is 9.53 Å². The fraction of sp³-hybridized carbons (Fsp3) is 0.417. The van der Waals surface area contributed by atoms with Gasteiger partial charge in [0.15, 0.2) is 0 Å². The van der Waals surface area contributed by atoms with E-state index in [4.69, 9.17) is 0 Å². The van der Waals surface area contributed by atoms with Crippen LogP contribution in [0.2, 0.25) is 0 Å². The molecule has 0 aromatic carbocycles. The van der Waals surface area contributed by atoms with E-state index in [0.29, 0.717) is 30.0 Å². The lowest BCUT2D eigenvalue weighted by atomic mass is 10.2. The molecule has 1 aromatic rings. The number of methoxy groups -OCH3 is 1. The third-order valence-corrected chi connectivity index (χ3v) is 2.43. The van der Waals surface area contributed by atoms with Crippen molar-refractivity contribution in [1.82, 2.24) is 10.3 Å². The molecule has 0 unspecified atom stereocenters. The molecule has 0 fully saturated rings. The van der Waals surface area contributed by atoms with Crippen molar-refractivity contribution in [3.8, 4) is 0 Å². The van der Waals surface area contributed by atoms with Gasteiger partial charge < -0.3 is 15.4 Å². The number of carbonyl (C=O) groups is 2. The van der Waals surface area contributed by atoms with Crippen LogP contribution in [0.25, 0.3) is 0 Å². The second kappa shape index (κ2) is 6.58. The molecule has 1 amide bonds. The van der Waals surface area contributed by atoms with Gasteiger partial charge in [0.1, 0.15) is 5.82 Å². The molecule has 1 aromatic heterocycles. The summed E-state index contributed by atoms with van der Waals surface area (Å²) in [4.78, 5) is 26.6. The SMILES string of the molecule is CNC(=O)CCNc1ccc(C(=O)OC)c(C)n1. The van der Waals surface area contributed by atoms with Gasteiger partial charge in [0, 0.05) is 20.0 Å². The zero-order chi connectivity index (χ0) is 13.5. The first-order valence-electron chi connectivity index (χ1n) is 5.59. The Morgan fingerprint density at radius 2 is 2.11 bits per heavy atom. The van der Waals surface area contributed by atoms with Gasteiger partial charge in [-0.15, -0.1) is 0 Å². The Bertz CT molecular complexity index is 446. The topological polar surface area (TPSA) is 80.3 Å². The van der Waals surface area contributed by atoms with Gasteiger partial charge in [0.25, 0.3) is 0 Å². The summed E-state index contributed by atoms with van der Waals surface area (Å²) >= 11 is 0. The Morgan fingerprint density at radius 3 is 2.67 bits per heavy atom. The number of carbonyl (C=O) groups excluding carboxylic acids is 2. The molecule has 98 valence electrons. The number of hydrogen-bond acceptors (Lipinski definition) is 5. The van der Waals surface area contributed by atoms with Crippen LogP contribution in [0.5, 0.6) is 0 Å². The Morgan fingerprint density at radius 1 is 1.39 bits per heavy atom. The van der Waals surface area contributed by atoms with Crippen LogP contribution in [0.3, 0.4) is 0 Å². The maximum absolute atomic E-state index is 11.4. The van der Waals surface area contributed by atoms with Gasteiger partial charge >= 0.3 is 5.97 Å². The number of aryl methyl sites for hydroxylation is 1. The third-order valence-electron chi connectivity index (χ3n) is 2.43. The molecule has 1 rings (SSSR count). The second-order valence-electron chi connectivity index (χ2n) is 3.67. The van der Waals surface area contributed by atoms with Crippen molar-refractivity contribution in [1.29, 1.82) is 0 Å². The number of pyridine rings is 1.